The van der Waals surface area contributed by atoms with E-state index in [0.29, 0.717) is 12.6 Å². The van der Waals surface area contributed by atoms with Crippen LogP contribution in [0.5, 0.6) is 5.75 Å². The molecule has 0 radical (unpaired) electrons. The summed E-state index contributed by atoms with van der Waals surface area (Å²) in [5.41, 5.74) is 7.42. The van der Waals surface area contributed by atoms with Gasteiger partial charge in [-0.2, -0.15) is 0 Å². The van der Waals surface area contributed by atoms with E-state index in [9.17, 15) is 0 Å². The largest absolute Gasteiger partial charge is 0.494 e. The predicted molar refractivity (Wildman–Crippen MR) is 97.9 cm³/mol. The molecule has 1 aliphatic heterocycles. The average molecular weight is 319 g/mol. The van der Waals surface area contributed by atoms with E-state index in [1.54, 1.807) is 0 Å². The number of rotatable bonds is 9. The molecular weight excluding hydrogens is 284 g/mol. The van der Waals surface area contributed by atoms with E-state index in [2.05, 4.69) is 36.1 Å². The predicted octanol–water partition coefficient (Wildman–Crippen LogP) is 4.52. The highest BCUT2D eigenvalue weighted by Gasteiger charge is 2.20. The van der Waals surface area contributed by atoms with E-state index in [-0.39, 0.29) is 0 Å². The van der Waals surface area contributed by atoms with Crippen molar-refractivity contribution in [1.29, 1.82) is 0 Å². The fourth-order valence-corrected chi connectivity index (χ4v) is 3.43. The molecule has 0 aromatic heterocycles. The van der Waals surface area contributed by atoms with Crippen molar-refractivity contribution in [2.75, 3.05) is 26.2 Å². The topological polar surface area (TPSA) is 38.5 Å². The maximum atomic E-state index is 6.11. The van der Waals surface area contributed by atoms with Crippen molar-refractivity contribution in [3.8, 4) is 5.75 Å². The lowest BCUT2D eigenvalue weighted by Crippen LogP contribution is -2.34. The number of likely N-dealkylation sites (tertiary alicyclic amines) is 1. The molecule has 2 N–H and O–H groups in total. The van der Waals surface area contributed by atoms with Gasteiger partial charge in [0.25, 0.3) is 0 Å². The number of unbranched alkanes of at least 4 members (excludes halogenated alkanes) is 3. The van der Waals surface area contributed by atoms with Crippen molar-refractivity contribution < 1.29 is 4.74 Å². The summed E-state index contributed by atoms with van der Waals surface area (Å²) in [4.78, 5) is 2.56. The molecule has 1 fully saturated rings. The third kappa shape index (κ3) is 6.15. The molecule has 1 aliphatic rings. The van der Waals surface area contributed by atoms with E-state index in [1.165, 1.54) is 63.6 Å². The second kappa shape index (κ2) is 10.7. The normalized spacial score (nSPS) is 17.7. The maximum absolute atomic E-state index is 6.11. The summed E-state index contributed by atoms with van der Waals surface area (Å²) < 4.78 is 5.94. The van der Waals surface area contributed by atoms with Crippen LogP contribution in [0.25, 0.3) is 0 Å². The lowest BCUT2D eigenvalue weighted by molar-refractivity contribution is 0.209. The van der Waals surface area contributed by atoms with Crippen molar-refractivity contribution >= 4 is 0 Å². The summed E-state index contributed by atoms with van der Waals surface area (Å²) in [6.07, 6.45) is 10.3. The Hall–Kier alpha value is -1.06. The van der Waals surface area contributed by atoms with Gasteiger partial charge in [-0.15, -0.1) is 0 Å². The Morgan fingerprint density at radius 3 is 2.57 bits per heavy atom. The minimum absolute atomic E-state index is 0.330. The fraction of sp³-hybridized carbons (Fsp3) is 0.700. The zero-order valence-electron chi connectivity index (χ0n) is 14.8. The molecular formula is C20H34N2O. The van der Waals surface area contributed by atoms with Gasteiger partial charge in [0.05, 0.1) is 6.61 Å². The molecule has 23 heavy (non-hydrogen) atoms. The zero-order valence-corrected chi connectivity index (χ0v) is 14.8. The minimum Gasteiger partial charge on any atom is -0.494 e. The Morgan fingerprint density at radius 2 is 1.87 bits per heavy atom. The van der Waals surface area contributed by atoms with E-state index >= 15 is 0 Å². The van der Waals surface area contributed by atoms with Crippen LogP contribution in [0.15, 0.2) is 24.3 Å². The third-order valence-corrected chi connectivity index (χ3v) is 4.81. The summed E-state index contributed by atoms with van der Waals surface area (Å²) in [5.74, 6) is 0.993. The van der Waals surface area contributed by atoms with Crippen molar-refractivity contribution in [2.24, 2.45) is 5.73 Å². The van der Waals surface area contributed by atoms with Crippen LogP contribution in [0.4, 0.5) is 0 Å². The molecule has 1 heterocycles. The highest BCUT2D eigenvalue weighted by Crippen LogP contribution is 2.26. The van der Waals surface area contributed by atoms with Crippen LogP contribution < -0.4 is 10.5 Å². The smallest absolute Gasteiger partial charge is 0.119 e. The first-order valence-corrected chi connectivity index (χ1v) is 9.52. The Bertz CT molecular complexity index is 427. The van der Waals surface area contributed by atoms with Gasteiger partial charge in [-0.25, -0.2) is 0 Å². The highest BCUT2D eigenvalue weighted by molar-refractivity contribution is 5.31. The first kappa shape index (κ1) is 18.3. The standard InChI is InChI=1S/C20H34N2O/c1-2-3-4-9-15-23-19-12-10-11-18(16-19)20(17-21)22-13-7-5-6-8-14-22/h10-12,16,20H,2-9,13-15,17,21H2,1H3. The first-order chi connectivity index (χ1) is 11.3. The van der Waals surface area contributed by atoms with E-state index in [0.717, 1.165) is 18.8 Å². The van der Waals surface area contributed by atoms with Gasteiger partial charge in [0.1, 0.15) is 5.75 Å². The van der Waals surface area contributed by atoms with Crippen LogP contribution in [0.1, 0.15) is 69.9 Å². The van der Waals surface area contributed by atoms with Crippen molar-refractivity contribution in [3.63, 3.8) is 0 Å². The number of hydrogen-bond donors (Lipinski definition) is 1. The first-order valence-electron chi connectivity index (χ1n) is 9.52. The summed E-state index contributed by atoms with van der Waals surface area (Å²) >= 11 is 0. The molecule has 3 nitrogen and oxygen atoms in total. The summed E-state index contributed by atoms with van der Waals surface area (Å²) in [6, 6.07) is 8.90. The molecule has 1 aromatic carbocycles. The maximum Gasteiger partial charge on any atom is 0.119 e. The molecule has 1 atom stereocenters. The number of benzene rings is 1. The Labute approximate surface area is 142 Å². The summed E-state index contributed by atoms with van der Waals surface area (Å²) in [5, 5.41) is 0. The number of hydrogen-bond acceptors (Lipinski definition) is 3. The van der Waals surface area contributed by atoms with E-state index in [4.69, 9.17) is 10.5 Å². The summed E-state index contributed by atoms with van der Waals surface area (Å²) in [6.45, 7) is 6.08. The van der Waals surface area contributed by atoms with Gasteiger partial charge in [0.2, 0.25) is 0 Å². The van der Waals surface area contributed by atoms with Crippen LogP contribution in [0, 0.1) is 0 Å². The van der Waals surface area contributed by atoms with Crippen LogP contribution >= 0.6 is 0 Å². The number of nitrogens with two attached hydrogens (primary N) is 1. The molecule has 1 saturated heterocycles. The average Bonchev–Trinajstić information content (AvgIpc) is 2.85. The molecule has 1 aromatic rings. The van der Waals surface area contributed by atoms with E-state index in [1.807, 2.05) is 0 Å². The Balaban J connectivity index is 1.93. The van der Waals surface area contributed by atoms with E-state index < -0.39 is 0 Å². The van der Waals surface area contributed by atoms with Gasteiger partial charge in [-0.05, 0) is 50.0 Å². The van der Waals surface area contributed by atoms with Gasteiger partial charge in [-0.1, -0.05) is 51.2 Å². The van der Waals surface area contributed by atoms with Crippen LogP contribution in [-0.2, 0) is 0 Å². The second-order valence-electron chi connectivity index (χ2n) is 6.68. The van der Waals surface area contributed by atoms with Crippen molar-refractivity contribution in [3.05, 3.63) is 29.8 Å². The highest BCUT2D eigenvalue weighted by atomic mass is 16.5. The minimum atomic E-state index is 0.330. The molecule has 0 saturated carbocycles. The monoisotopic (exact) mass is 318 g/mol. The fourth-order valence-electron chi connectivity index (χ4n) is 3.43. The molecule has 130 valence electrons. The lowest BCUT2D eigenvalue weighted by Gasteiger charge is -2.30. The SMILES string of the molecule is CCCCCCOc1cccc(C(CN)N2CCCCCC2)c1. The Kier molecular flexibility index (Phi) is 8.48. The molecule has 0 aliphatic carbocycles. The lowest BCUT2D eigenvalue weighted by atomic mass is 10.0. The van der Waals surface area contributed by atoms with Gasteiger partial charge in [0, 0.05) is 12.6 Å². The van der Waals surface area contributed by atoms with Crippen LogP contribution in [0.3, 0.4) is 0 Å². The molecule has 0 spiro atoms. The Morgan fingerprint density at radius 1 is 1.09 bits per heavy atom. The molecule has 0 bridgehead atoms. The zero-order chi connectivity index (χ0) is 16.3. The summed E-state index contributed by atoms with van der Waals surface area (Å²) in [7, 11) is 0. The van der Waals surface area contributed by atoms with Gasteiger partial charge in [-0.3, -0.25) is 4.90 Å². The van der Waals surface area contributed by atoms with Gasteiger partial charge < -0.3 is 10.5 Å². The second-order valence-corrected chi connectivity index (χ2v) is 6.68. The van der Waals surface area contributed by atoms with Crippen LogP contribution in [0.2, 0.25) is 0 Å². The third-order valence-electron chi connectivity index (χ3n) is 4.81. The number of ether oxygens (including phenoxy) is 1. The van der Waals surface area contributed by atoms with Crippen LogP contribution in [-0.4, -0.2) is 31.1 Å². The van der Waals surface area contributed by atoms with Gasteiger partial charge >= 0.3 is 0 Å². The van der Waals surface area contributed by atoms with Gasteiger partial charge in [0.15, 0.2) is 0 Å². The molecule has 0 amide bonds. The quantitative estimate of drug-likeness (QED) is 0.680. The van der Waals surface area contributed by atoms with Crippen molar-refractivity contribution in [2.45, 2.75) is 64.3 Å². The molecule has 2 rings (SSSR count). The van der Waals surface area contributed by atoms with Crippen molar-refractivity contribution in [1.82, 2.24) is 4.90 Å². The number of nitrogens with zero attached hydrogens (tertiary/aromatic N) is 1. The molecule has 3 heteroatoms. The molecule has 1 unspecified atom stereocenters.